The lowest BCUT2D eigenvalue weighted by molar-refractivity contribution is -0.122. The number of amides is 1. The zero-order chi connectivity index (χ0) is 27.4. The zero-order valence-electron chi connectivity index (χ0n) is 20.6. The highest BCUT2D eigenvalue weighted by molar-refractivity contribution is 8.26. The number of aryl methyl sites for hydroxylation is 1. The summed E-state index contributed by atoms with van der Waals surface area (Å²) >= 11 is 8.03. The van der Waals surface area contributed by atoms with Gasteiger partial charge in [0.25, 0.3) is 11.5 Å². The van der Waals surface area contributed by atoms with Crippen molar-refractivity contribution >= 4 is 57.4 Å². The van der Waals surface area contributed by atoms with E-state index in [1.807, 2.05) is 35.7 Å². The zero-order valence-corrected chi connectivity index (χ0v) is 23.0. The molecule has 0 spiro atoms. The van der Waals surface area contributed by atoms with Crippen LogP contribution in [0.3, 0.4) is 0 Å². The summed E-state index contributed by atoms with van der Waals surface area (Å²) in [6, 6.07) is 12.9. The lowest BCUT2D eigenvalue weighted by Crippen LogP contribution is -2.31. The summed E-state index contributed by atoms with van der Waals surface area (Å²) in [7, 11) is 1.56. The number of thiophene rings is 1. The van der Waals surface area contributed by atoms with Gasteiger partial charge in [-0.2, -0.15) is 5.26 Å². The minimum Gasteiger partial charge on any atom is -0.497 e. The van der Waals surface area contributed by atoms with Gasteiger partial charge in [0.15, 0.2) is 5.78 Å². The van der Waals surface area contributed by atoms with Crippen molar-refractivity contribution in [3.63, 3.8) is 0 Å². The van der Waals surface area contributed by atoms with Crippen molar-refractivity contribution in [2.45, 2.75) is 26.3 Å². The van der Waals surface area contributed by atoms with E-state index in [0.717, 1.165) is 15.0 Å². The molecule has 0 saturated carbocycles. The number of carbonyl (C=O) groups is 2. The van der Waals surface area contributed by atoms with Crippen LogP contribution < -0.4 is 10.3 Å². The Hall–Kier alpha value is -3.72. The molecule has 1 aliphatic heterocycles. The third-order valence-electron chi connectivity index (χ3n) is 6.11. The van der Waals surface area contributed by atoms with Crippen molar-refractivity contribution < 1.29 is 19.4 Å². The van der Waals surface area contributed by atoms with Gasteiger partial charge in [-0.25, -0.2) is 0 Å². The van der Waals surface area contributed by atoms with Crippen LogP contribution in [0.2, 0.25) is 0 Å². The van der Waals surface area contributed by atoms with E-state index < -0.39 is 17.2 Å². The van der Waals surface area contributed by atoms with Gasteiger partial charge in [0.2, 0.25) is 5.88 Å². The second-order valence-corrected chi connectivity index (χ2v) is 11.0. The second-order valence-electron chi connectivity index (χ2n) is 8.39. The van der Waals surface area contributed by atoms with E-state index in [-0.39, 0.29) is 42.1 Å². The summed E-state index contributed by atoms with van der Waals surface area (Å²) in [5.74, 6) is -0.587. The van der Waals surface area contributed by atoms with Gasteiger partial charge in [0, 0.05) is 24.4 Å². The van der Waals surface area contributed by atoms with Crippen LogP contribution in [0.5, 0.6) is 11.6 Å². The monoisotopic (exact) mass is 565 g/mol. The van der Waals surface area contributed by atoms with Crippen LogP contribution in [0.25, 0.3) is 6.08 Å². The third kappa shape index (κ3) is 5.57. The fourth-order valence-corrected chi connectivity index (χ4v) is 6.09. The molecule has 1 aromatic carbocycles. The SMILES string of the molecule is COc1ccc(CCn2c(O)c(C(=O)CCN3C(=O)/C(=C/c4cccs4)SC3=S)c(C)c(C#N)c2=O)cc1. The summed E-state index contributed by atoms with van der Waals surface area (Å²) in [5.41, 5.74) is 0.0294. The number of rotatable bonds is 9. The maximum absolute atomic E-state index is 13.3. The standard InChI is InChI=1S/C27H23N3O5S3/c1-16-20(15-28)24(32)29(11-9-17-5-7-18(35-2)8-6-17)26(34)23(16)21(31)10-12-30-25(33)22(38-27(30)36)14-19-4-3-13-37-19/h3-8,13-14,34H,9-12H2,1-2H3/b22-14-. The Morgan fingerprint density at radius 1 is 1.21 bits per heavy atom. The molecule has 11 heteroatoms. The molecule has 1 saturated heterocycles. The molecule has 2 aromatic heterocycles. The topological polar surface area (TPSA) is 113 Å². The number of ketones is 1. The fourth-order valence-electron chi connectivity index (χ4n) is 4.06. The lowest BCUT2D eigenvalue weighted by Gasteiger charge is -2.17. The number of carbonyl (C=O) groups excluding carboxylic acids is 2. The molecule has 3 heterocycles. The lowest BCUT2D eigenvalue weighted by atomic mass is 9.99. The molecule has 0 bridgehead atoms. The Morgan fingerprint density at radius 3 is 2.58 bits per heavy atom. The number of nitriles is 1. The average molecular weight is 566 g/mol. The van der Waals surface area contributed by atoms with Crippen molar-refractivity contribution in [2.75, 3.05) is 13.7 Å². The number of thioether (sulfide) groups is 1. The Bertz CT molecular complexity index is 1530. The molecule has 0 radical (unpaired) electrons. The Kier molecular flexibility index (Phi) is 8.46. The highest BCUT2D eigenvalue weighted by atomic mass is 32.2. The van der Waals surface area contributed by atoms with E-state index in [1.54, 1.807) is 25.3 Å². The van der Waals surface area contributed by atoms with Crippen LogP contribution >= 0.6 is 35.3 Å². The fraction of sp³-hybridized carbons (Fsp3) is 0.222. The van der Waals surface area contributed by atoms with Gasteiger partial charge in [0.1, 0.15) is 21.7 Å². The van der Waals surface area contributed by atoms with E-state index in [1.165, 1.54) is 34.9 Å². The van der Waals surface area contributed by atoms with E-state index in [9.17, 15) is 24.8 Å². The van der Waals surface area contributed by atoms with Gasteiger partial charge in [-0.1, -0.05) is 42.2 Å². The number of benzene rings is 1. The van der Waals surface area contributed by atoms with Gasteiger partial charge < -0.3 is 9.84 Å². The molecule has 0 unspecified atom stereocenters. The van der Waals surface area contributed by atoms with Gasteiger partial charge in [-0.15, -0.1) is 11.3 Å². The van der Waals surface area contributed by atoms with Crippen molar-refractivity contribution in [1.82, 2.24) is 9.47 Å². The molecule has 0 aliphatic carbocycles. The van der Waals surface area contributed by atoms with Crippen LogP contribution in [0.15, 0.2) is 51.5 Å². The molecular weight excluding hydrogens is 543 g/mol. The van der Waals surface area contributed by atoms with Crippen LogP contribution in [0.1, 0.15) is 38.3 Å². The number of ether oxygens (including phenoxy) is 1. The van der Waals surface area contributed by atoms with E-state index >= 15 is 0 Å². The molecule has 4 rings (SSSR count). The summed E-state index contributed by atoms with van der Waals surface area (Å²) in [4.78, 5) is 41.8. The summed E-state index contributed by atoms with van der Waals surface area (Å²) in [6.45, 7) is 1.54. The number of hydrogen-bond donors (Lipinski definition) is 1. The number of Topliss-reactive ketones (excluding diaryl/α,β-unsaturated/α-hetero) is 1. The first-order valence-electron chi connectivity index (χ1n) is 11.6. The number of hydrogen-bond acceptors (Lipinski definition) is 9. The van der Waals surface area contributed by atoms with Gasteiger partial charge in [-0.05, 0) is 54.1 Å². The van der Waals surface area contributed by atoms with Crippen molar-refractivity contribution in [3.8, 4) is 17.7 Å². The maximum atomic E-state index is 13.3. The van der Waals surface area contributed by atoms with Gasteiger partial charge >= 0.3 is 0 Å². The van der Waals surface area contributed by atoms with Crippen LogP contribution in [0, 0.1) is 18.3 Å². The van der Waals surface area contributed by atoms with Crippen molar-refractivity contribution in [1.29, 1.82) is 5.26 Å². The third-order valence-corrected chi connectivity index (χ3v) is 8.31. The minimum absolute atomic E-state index is 0.0109. The minimum atomic E-state index is -0.664. The van der Waals surface area contributed by atoms with Crippen LogP contribution in [-0.4, -0.2) is 44.2 Å². The number of thiocarbonyl (C=S) groups is 1. The first-order valence-corrected chi connectivity index (χ1v) is 13.7. The second kappa shape index (κ2) is 11.8. The molecule has 3 aromatic rings. The number of pyridine rings is 1. The Balaban J connectivity index is 1.54. The quantitative estimate of drug-likeness (QED) is 0.229. The summed E-state index contributed by atoms with van der Waals surface area (Å²) in [5, 5.41) is 22.5. The highest BCUT2D eigenvalue weighted by Crippen LogP contribution is 2.34. The summed E-state index contributed by atoms with van der Waals surface area (Å²) in [6.07, 6.45) is 2.00. The van der Waals surface area contributed by atoms with E-state index in [2.05, 4.69) is 0 Å². The molecule has 38 heavy (non-hydrogen) atoms. The maximum Gasteiger partial charge on any atom is 0.271 e. The number of aromatic hydroxyl groups is 1. The molecule has 194 valence electrons. The Morgan fingerprint density at radius 2 is 1.95 bits per heavy atom. The van der Waals surface area contributed by atoms with Gasteiger partial charge in [0.05, 0.1) is 17.6 Å². The summed E-state index contributed by atoms with van der Waals surface area (Å²) < 4.78 is 6.54. The first kappa shape index (κ1) is 27.3. The van der Waals surface area contributed by atoms with Crippen molar-refractivity contribution in [3.05, 3.63) is 84.2 Å². The number of nitrogens with zero attached hydrogens (tertiary/aromatic N) is 3. The first-order chi connectivity index (χ1) is 18.2. The molecule has 1 N–H and O–H groups in total. The molecular formula is C27H23N3O5S3. The molecule has 1 fully saturated rings. The van der Waals surface area contributed by atoms with Gasteiger partial charge in [-0.3, -0.25) is 23.9 Å². The van der Waals surface area contributed by atoms with Crippen LogP contribution in [-0.2, 0) is 17.8 Å². The van der Waals surface area contributed by atoms with Crippen LogP contribution in [0.4, 0.5) is 0 Å². The Labute approximate surface area is 232 Å². The van der Waals surface area contributed by atoms with E-state index in [0.29, 0.717) is 21.4 Å². The molecule has 8 nitrogen and oxygen atoms in total. The van der Waals surface area contributed by atoms with Crippen molar-refractivity contribution in [2.24, 2.45) is 0 Å². The predicted molar refractivity (Wildman–Crippen MR) is 152 cm³/mol. The number of methoxy groups -OCH3 is 1. The highest BCUT2D eigenvalue weighted by Gasteiger charge is 2.33. The normalized spacial score (nSPS) is 14.2. The largest absolute Gasteiger partial charge is 0.497 e. The van der Waals surface area contributed by atoms with E-state index in [4.69, 9.17) is 17.0 Å². The molecule has 1 aliphatic rings. The molecule has 0 atom stereocenters. The molecule has 1 amide bonds. The predicted octanol–water partition coefficient (Wildman–Crippen LogP) is 4.52. The number of aromatic nitrogens is 1. The average Bonchev–Trinajstić information content (AvgIpc) is 3.51. The smallest absolute Gasteiger partial charge is 0.271 e.